The molecule has 1 aromatic rings. The number of primary amides is 1. The summed E-state index contributed by atoms with van der Waals surface area (Å²) in [6.07, 6.45) is 0. The molecule has 0 aliphatic carbocycles. The van der Waals surface area contributed by atoms with Crippen molar-refractivity contribution in [3.05, 3.63) is 33.4 Å². The van der Waals surface area contributed by atoms with Gasteiger partial charge in [0.25, 0.3) is 5.91 Å². The Morgan fingerprint density at radius 2 is 2.00 bits per heavy atom. The van der Waals surface area contributed by atoms with E-state index in [2.05, 4.69) is 27.9 Å². The number of nitrogens with one attached hydrogen (secondary N) is 1. The van der Waals surface area contributed by atoms with E-state index < -0.39 is 23.6 Å². The number of benzene rings is 1. The van der Waals surface area contributed by atoms with Crippen molar-refractivity contribution in [2.45, 2.75) is 13.0 Å². The number of Topliss-reactive ketones (excluding diaryl/α,β-unsaturated/α-hetero) is 1. The van der Waals surface area contributed by atoms with Gasteiger partial charge in [-0.1, -0.05) is 6.07 Å². The predicted molar refractivity (Wildman–Crippen MR) is 70.3 cm³/mol. The van der Waals surface area contributed by atoms with Crippen molar-refractivity contribution in [3.63, 3.8) is 0 Å². The Kier molecular flexibility index (Phi) is 4.62. The van der Waals surface area contributed by atoms with Gasteiger partial charge in [-0.25, -0.2) is 0 Å². The van der Waals surface area contributed by atoms with Crippen LogP contribution >= 0.6 is 22.6 Å². The zero-order valence-corrected chi connectivity index (χ0v) is 11.2. The number of ketones is 1. The molecule has 17 heavy (non-hydrogen) atoms. The van der Waals surface area contributed by atoms with Gasteiger partial charge in [-0.2, -0.15) is 0 Å². The Morgan fingerprint density at radius 1 is 1.35 bits per heavy atom. The smallest absolute Gasteiger partial charge is 0.252 e. The quantitative estimate of drug-likeness (QED) is 0.615. The Morgan fingerprint density at radius 3 is 2.47 bits per heavy atom. The normalized spacial score (nSPS) is 11.6. The van der Waals surface area contributed by atoms with Crippen LogP contribution in [0.4, 0.5) is 0 Å². The van der Waals surface area contributed by atoms with Gasteiger partial charge in [-0.05, 0) is 47.7 Å². The molecule has 0 radical (unpaired) electrons. The van der Waals surface area contributed by atoms with E-state index in [1.54, 1.807) is 18.2 Å². The van der Waals surface area contributed by atoms with Crippen molar-refractivity contribution in [1.29, 1.82) is 0 Å². The van der Waals surface area contributed by atoms with Crippen LogP contribution in [0.15, 0.2) is 24.3 Å². The van der Waals surface area contributed by atoms with Crippen LogP contribution in [0.25, 0.3) is 0 Å². The van der Waals surface area contributed by atoms with Gasteiger partial charge < -0.3 is 11.1 Å². The summed E-state index contributed by atoms with van der Waals surface area (Å²) in [4.78, 5) is 33.8. The number of carbonyl (C=O) groups is 3. The molecule has 1 unspecified atom stereocenters. The lowest BCUT2D eigenvalue weighted by atomic mass is 10.1. The number of nitrogens with two attached hydrogens (primary N) is 1. The number of amides is 2. The molecule has 1 aromatic carbocycles. The molecule has 1 rings (SSSR count). The first-order valence-corrected chi connectivity index (χ1v) is 5.86. The third kappa shape index (κ3) is 3.81. The minimum atomic E-state index is -1.28. The molecular formula is C11H11IN2O3. The summed E-state index contributed by atoms with van der Waals surface area (Å²) in [6, 6.07) is 5.50. The summed E-state index contributed by atoms with van der Waals surface area (Å²) in [6.45, 7) is 1.20. The molecule has 0 aliphatic rings. The summed E-state index contributed by atoms with van der Waals surface area (Å²) >= 11 is 2.06. The largest absolute Gasteiger partial charge is 0.367 e. The summed E-state index contributed by atoms with van der Waals surface area (Å²) in [5, 5.41) is 2.29. The Bertz CT molecular complexity index is 460. The van der Waals surface area contributed by atoms with Crippen molar-refractivity contribution in [3.8, 4) is 0 Å². The van der Waals surface area contributed by atoms with Crippen LogP contribution in [0, 0.1) is 3.57 Å². The van der Waals surface area contributed by atoms with Gasteiger partial charge in [-0.3, -0.25) is 14.4 Å². The maximum absolute atomic E-state index is 11.7. The fourth-order valence-electron chi connectivity index (χ4n) is 1.22. The molecule has 3 N–H and O–H groups in total. The maximum atomic E-state index is 11.7. The SMILES string of the molecule is CC(=O)C(NC(=O)c1cccc([125I])c1)C(N)=O. The first kappa shape index (κ1) is 13.6. The number of hydrogen-bond acceptors (Lipinski definition) is 3. The molecule has 0 saturated heterocycles. The molecule has 0 spiro atoms. The lowest BCUT2D eigenvalue weighted by Gasteiger charge is -2.12. The molecule has 90 valence electrons. The molecule has 0 bridgehead atoms. The third-order valence-corrected chi connectivity index (χ3v) is 2.72. The van der Waals surface area contributed by atoms with Gasteiger partial charge in [-0.15, -0.1) is 0 Å². The molecular weight excluding hydrogens is 333 g/mol. The molecule has 2 amide bonds. The highest BCUT2D eigenvalue weighted by molar-refractivity contribution is 14.1. The van der Waals surface area contributed by atoms with Crippen LogP contribution in [-0.4, -0.2) is 23.6 Å². The summed E-state index contributed by atoms with van der Waals surface area (Å²) in [7, 11) is 0. The molecule has 0 saturated carbocycles. The standard InChI is InChI=1S/C11H11IN2O3/c1-6(15)9(10(13)16)14-11(17)7-3-2-4-8(12)5-7/h2-5,9H,1H3,(H2,13,16)(H,14,17)/i12-2. The van der Waals surface area contributed by atoms with Gasteiger partial charge in [0.05, 0.1) is 0 Å². The van der Waals surface area contributed by atoms with Gasteiger partial charge in [0.15, 0.2) is 11.8 Å². The minimum Gasteiger partial charge on any atom is -0.367 e. The summed E-state index contributed by atoms with van der Waals surface area (Å²) in [5.74, 6) is -1.85. The van der Waals surface area contributed by atoms with Gasteiger partial charge >= 0.3 is 0 Å². The fourth-order valence-corrected chi connectivity index (χ4v) is 1.76. The first-order valence-electron chi connectivity index (χ1n) is 4.78. The van der Waals surface area contributed by atoms with E-state index in [9.17, 15) is 14.4 Å². The van der Waals surface area contributed by atoms with Gasteiger partial charge in [0.1, 0.15) is 0 Å². The minimum absolute atomic E-state index is 0.379. The molecule has 0 aromatic heterocycles. The van der Waals surface area contributed by atoms with Crippen LogP contribution in [0.3, 0.4) is 0 Å². The van der Waals surface area contributed by atoms with Crippen LogP contribution in [0.2, 0.25) is 0 Å². The van der Waals surface area contributed by atoms with E-state index in [0.29, 0.717) is 5.56 Å². The first-order chi connectivity index (χ1) is 7.91. The van der Waals surface area contributed by atoms with E-state index in [4.69, 9.17) is 5.73 Å². The molecule has 0 fully saturated rings. The summed E-state index contributed by atoms with van der Waals surface area (Å²) in [5.41, 5.74) is 5.40. The topological polar surface area (TPSA) is 89.3 Å². The number of carbonyl (C=O) groups excluding carboxylic acids is 3. The van der Waals surface area contributed by atoms with Gasteiger partial charge in [0.2, 0.25) is 5.91 Å². The van der Waals surface area contributed by atoms with E-state index >= 15 is 0 Å². The van der Waals surface area contributed by atoms with E-state index in [1.165, 1.54) is 6.92 Å². The second kappa shape index (κ2) is 5.76. The Labute approximate surface area is 112 Å². The second-order valence-electron chi connectivity index (χ2n) is 3.43. The Balaban J connectivity index is 2.85. The van der Waals surface area contributed by atoms with Crippen LogP contribution in [0.1, 0.15) is 17.3 Å². The fraction of sp³-hybridized carbons (Fsp3) is 0.182. The zero-order valence-electron chi connectivity index (χ0n) is 9.07. The highest BCUT2D eigenvalue weighted by atomic mass is 125. The number of hydrogen-bond donors (Lipinski definition) is 2. The second-order valence-corrected chi connectivity index (χ2v) is 4.68. The average molecular weight is 344 g/mol. The highest BCUT2D eigenvalue weighted by Gasteiger charge is 2.23. The average Bonchev–Trinajstić information content (AvgIpc) is 2.24. The van der Waals surface area contributed by atoms with Crippen molar-refractivity contribution < 1.29 is 14.4 Å². The Hall–Kier alpha value is -1.44. The molecule has 5 nitrogen and oxygen atoms in total. The monoisotopic (exact) mass is 344 g/mol. The number of halogens is 1. The third-order valence-electron chi connectivity index (χ3n) is 2.05. The van der Waals surface area contributed by atoms with Crippen LogP contribution in [-0.2, 0) is 9.59 Å². The lowest BCUT2D eigenvalue weighted by Crippen LogP contribution is -2.48. The van der Waals surface area contributed by atoms with E-state index in [-0.39, 0.29) is 0 Å². The van der Waals surface area contributed by atoms with E-state index in [0.717, 1.165) is 3.57 Å². The molecule has 0 aliphatic heterocycles. The predicted octanol–water partition coefficient (Wildman–Crippen LogP) is 0.464. The lowest BCUT2D eigenvalue weighted by molar-refractivity contribution is -0.128. The zero-order chi connectivity index (χ0) is 13.0. The number of rotatable bonds is 4. The molecule has 6 heteroatoms. The molecule has 1 atom stereocenters. The van der Waals surface area contributed by atoms with Crippen molar-refractivity contribution in [1.82, 2.24) is 5.32 Å². The van der Waals surface area contributed by atoms with Crippen molar-refractivity contribution in [2.24, 2.45) is 5.73 Å². The van der Waals surface area contributed by atoms with Crippen molar-refractivity contribution >= 4 is 40.2 Å². The van der Waals surface area contributed by atoms with Crippen LogP contribution < -0.4 is 11.1 Å². The summed E-state index contributed by atoms with van der Waals surface area (Å²) < 4.78 is 0.883. The van der Waals surface area contributed by atoms with Crippen LogP contribution in [0.5, 0.6) is 0 Å². The molecule has 0 heterocycles. The maximum Gasteiger partial charge on any atom is 0.252 e. The highest BCUT2D eigenvalue weighted by Crippen LogP contribution is 2.07. The van der Waals surface area contributed by atoms with Crippen molar-refractivity contribution in [2.75, 3.05) is 0 Å². The van der Waals surface area contributed by atoms with Gasteiger partial charge in [0, 0.05) is 9.13 Å². The van der Waals surface area contributed by atoms with E-state index in [1.807, 2.05) is 6.07 Å².